The number of methoxy groups -OCH3 is 1. The molecule has 1 heterocycles. The van der Waals surface area contributed by atoms with Crippen LogP contribution in [0.5, 0.6) is 0 Å². The fourth-order valence-electron chi connectivity index (χ4n) is 1.66. The Kier molecular flexibility index (Phi) is 4.02. The van der Waals surface area contributed by atoms with Crippen LogP contribution in [0.1, 0.15) is 10.4 Å². The fourth-order valence-corrected chi connectivity index (χ4v) is 2.17. The second-order valence-electron chi connectivity index (χ2n) is 3.64. The third-order valence-electron chi connectivity index (χ3n) is 2.51. The van der Waals surface area contributed by atoms with Gasteiger partial charge in [-0.05, 0) is 18.2 Å². The molecule has 2 rings (SSSR count). The van der Waals surface area contributed by atoms with E-state index in [2.05, 4.69) is 9.72 Å². The molecule has 1 aromatic carbocycles. The van der Waals surface area contributed by atoms with Crippen LogP contribution in [0.2, 0.25) is 10.0 Å². The quantitative estimate of drug-likeness (QED) is 0.622. The van der Waals surface area contributed by atoms with Gasteiger partial charge in [0.25, 0.3) is 0 Å². The highest BCUT2D eigenvalue weighted by Crippen LogP contribution is 2.33. The molecule has 0 unspecified atom stereocenters. The van der Waals surface area contributed by atoms with E-state index in [0.717, 1.165) is 0 Å². The summed E-state index contributed by atoms with van der Waals surface area (Å²) in [5, 5.41) is 0.641. The number of hydrogen-bond donors (Lipinski definition) is 0. The summed E-state index contributed by atoms with van der Waals surface area (Å²) in [7, 11) is 1.22. The Hall–Kier alpha value is -1.65. The van der Waals surface area contributed by atoms with Crippen LogP contribution in [0.25, 0.3) is 11.1 Å². The number of pyridine rings is 1. The van der Waals surface area contributed by atoms with Gasteiger partial charge in [0.05, 0.1) is 23.3 Å². The molecule has 6 heteroatoms. The first-order valence-corrected chi connectivity index (χ1v) is 5.98. The van der Waals surface area contributed by atoms with Crippen molar-refractivity contribution in [2.75, 3.05) is 7.11 Å². The molecule has 2 aromatic rings. The number of esters is 1. The van der Waals surface area contributed by atoms with E-state index in [4.69, 9.17) is 23.2 Å². The lowest BCUT2D eigenvalue weighted by Crippen LogP contribution is -2.06. The minimum Gasteiger partial charge on any atom is -0.465 e. The summed E-state index contributed by atoms with van der Waals surface area (Å²) in [6.45, 7) is 0. The molecule has 0 saturated carbocycles. The number of rotatable bonds is 2. The molecule has 0 aliphatic heterocycles. The number of carbonyl (C=O) groups is 1. The molecule has 3 nitrogen and oxygen atoms in total. The molecule has 0 spiro atoms. The van der Waals surface area contributed by atoms with Gasteiger partial charge >= 0.3 is 5.97 Å². The monoisotopic (exact) mass is 299 g/mol. The maximum absolute atomic E-state index is 13.9. The first-order chi connectivity index (χ1) is 9.04. The number of carbonyl (C=O) groups excluding carboxylic acids is 1. The van der Waals surface area contributed by atoms with Crippen molar-refractivity contribution in [3.63, 3.8) is 0 Å². The predicted molar refractivity (Wildman–Crippen MR) is 71.0 cm³/mol. The van der Waals surface area contributed by atoms with Crippen molar-refractivity contribution in [2.24, 2.45) is 0 Å². The molecule has 0 bridgehead atoms. The molecule has 0 fully saturated rings. The smallest absolute Gasteiger partial charge is 0.338 e. The van der Waals surface area contributed by atoms with Crippen molar-refractivity contribution in [3.8, 4) is 11.1 Å². The Morgan fingerprint density at radius 3 is 2.68 bits per heavy atom. The van der Waals surface area contributed by atoms with Gasteiger partial charge in [0, 0.05) is 16.8 Å². The number of halogens is 3. The van der Waals surface area contributed by atoms with Crippen molar-refractivity contribution >= 4 is 29.2 Å². The standard InChI is InChI=1S/C13H8Cl2FNO2/c1-19-13(18)9-4-5-17-12(16)11(9)8-3-2-7(14)6-10(8)15/h2-6H,1H3. The van der Waals surface area contributed by atoms with Gasteiger partial charge in [-0.3, -0.25) is 0 Å². The van der Waals surface area contributed by atoms with Crippen LogP contribution in [0, 0.1) is 5.95 Å². The highest BCUT2D eigenvalue weighted by Gasteiger charge is 2.20. The van der Waals surface area contributed by atoms with Crippen LogP contribution in [0.15, 0.2) is 30.5 Å². The van der Waals surface area contributed by atoms with Crippen LogP contribution in [0.4, 0.5) is 4.39 Å². The van der Waals surface area contributed by atoms with Crippen LogP contribution < -0.4 is 0 Å². The molecule has 0 atom stereocenters. The minimum atomic E-state index is -0.799. The van der Waals surface area contributed by atoms with E-state index in [0.29, 0.717) is 10.6 Å². The zero-order chi connectivity index (χ0) is 14.0. The van der Waals surface area contributed by atoms with E-state index in [1.165, 1.54) is 31.5 Å². The van der Waals surface area contributed by atoms with Crippen LogP contribution in [-0.4, -0.2) is 18.1 Å². The molecule has 1 aromatic heterocycles. The van der Waals surface area contributed by atoms with E-state index in [1.54, 1.807) is 6.07 Å². The maximum Gasteiger partial charge on any atom is 0.338 e. The third kappa shape index (κ3) is 2.69. The summed E-state index contributed by atoms with van der Waals surface area (Å²) in [6.07, 6.45) is 1.19. The summed E-state index contributed by atoms with van der Waals surface area (Å²) >= 11 is 11.8. The molecule has 0 aliphatic carbocycles. The molecule has 0 aliphatic rings. The van der Waals surface area contributed by atoms with Gasteiger partial charge in [-0.1, -0.05) is 29.3 Å². The fraction of sp³-hybridized carbons (Fsp3) is 0.0769. The van der Waals surface area contributed by atoms with Gasteiger partial charge in [0.1, 0.15) is 0 Å². The molecular weight excluding hydrogens is 292 g/mol. The van der Waals surface area contributed by atoms with Gasteiger partial charge in [-0.25, -0.2) is 9.78 Å². The van der Waals surface area contributed by atoms with Crippen LogP contribution >= 0.6 is 23.2 Å². The zero-order valence-corrected chi connectivity index (χ0v) is 11.3. The Labute approximate surface area is 118 Å². The Morgan fingerprint density at radius 1 is 1.32 bits per heavy atom. The lowest BCUT2D eigenvalue weighted by atomic mass is 10.0. The van der Waals surface area contributed by atoms with Crippen molar-refractivity contribution in [3.05, 3.63) is 52.0 Å². The first kappa shape index (κ1) is 13.8. The van der Waals surface area contributed by atoms with E-state index < -0.39 is 11.9 Å². The van der Waals surface area contributed by atoms with E-state index in [1.807, 2.05) is 0 Å². The molecule has 0 saturated heterocycles. The van der Waals surface area contributed by atoms with Crippen LogP contribution in [0.3, 0.4) is 0 Å². The second kappa shape index (κ2) is 5.55. The molecule has 0 radical (unpaired) electrons. The summed E-state index contributed by atoms with van der Waals surface area (Å²) in [5.74, 6) is -1.46. The minimum absolute atomic E-state index is 0.00369. The zero-order valence-electron chi connectivity index (χ0n) is 9.78. The normalized spacial score (nSPS) is 10.3. The largest absolute Gasteiger partial charge is 0.465 e. The van der Waals surface area contributed by atoms with Gasteiger partial charge in [0.2, 0.25) is 5.95 Å². The predicted octanol–water partition coefficient (Wildman–Crippen LogP) is 3.98. The second-order valence-corrected chi connectivity index (χ2v) is 4.48. The van der Waals surface area contributed by atoms with Crippen LogP contribution in [-0.2, 0) is 4.74 Å². The van der Waals surface area contributed by atoms with E-state index in [-0.39, 0.29) is 16.1 Å². The van der Waals surface area contributed by atoms with Gasteiger partial charge in [-0.2, -0.15) is 4.39 Å². The molecular formula is C13H8Cl2FNO2. The first-order valence-electron chi connectivity index (χ1n) is 5.23. The third-order valence-corrected chi connectivity index (χ3v) is 3.06. The topological polar surface area (TPSA) is 39.2 Å². The number of nitrogens with zero attached hydrogens (tertiary/aromatic N) is 1. The van der Waals surface area contributed by atoms with Gasteiger partial charge in [-0.15, -0.1) is 0 Å². The molecule has 0 N–H and O–H groups in total. The lowest BCUT2D eigenvalue weighted by molar-refractivity contribution is 0.0601. The van der Waals surface area contributed by atoms with Crippen molar-refractivity contribution in [1.29, 1.82) is 0 Å². The summed E-state index contributed by atoms with van der Waals surface area (Å²) in [4.78, 5) is 15.2. The Balaban J connectivity index is 2.70. The average molecular weight is 300 g/mol. The number of hydrogen-bond acceptors (Lipinski definition) is 3. The van der Waals surface area contributed by atoms with E-state index in [9.17, 15) is 9.18 Å². The van der Waals surface area contributed by atoms with Gasteiger partial charge < -0.3 is 4.74 Å². The highest BCUT2D eigenvalue weighted by atomic mass is 35.5. The number of aromatic nitrogens is 1. The summed E-state index contributed by atoms with van der Waals surface area (Å²) in [6, 6.07) is 5.91. The van der Waals surface area contributed by atoms with E-state index >= 15 is 0 Å². The summed E-state index contributed by atoms with van der Waals surface area (Å²) < 4.78 is 18.5. The summed E-state index contributed by atoms with van der Waals surface area (Å²) in [5.41, 5.74) is 0.382. The highest BCUT2D eigenvalue weighted by molar-refractivity contribution is 6.36. The van der Waals surface area contributed by atoms with Gasteiger partial charge in [0.15, 0.2) is 0 Å². The Bertz CT molecular complexity index is 647. The molecule has 0 amide bonds. The van der Waals surface area contributed by atoms with Crippen molar-refractivity contribution in [1.82, 2.24) is 4.98 Å². The average Bonchev–Trinajstić information content (AvgIpc) is 2.38. The SMILES string of the molecule is COC(=O)c1ccnc(F)c1-c1ccc(Cl)cc1Cl. The number of ether oxygens (including phenoxy) is 1. The van der Waals surface area contributed by atoms with Crippen molar-refractivity contribution < 1.29 is 13.9 Å². The van der Waals surface area contributed by atoms with Crippen molar-refractivity contribution in [2.45, 2.75) is 0 Å². The molecule has 19 heavy (non-hydrogen) atoms. The lowest BCUT2D eigenvalue weighted by Gasteiger charge is -2.10. The maximum atomic E-state index is 13.9. The molecule has 98 valence electrons. The number of benzene rings is 1. The Morgan fingerprint density at radius 2 is 2.05 bits per heavy atom.